The van der Waals surface area contributed by atoms with Gasteiger partial charge in [0.15, 0.2) is 11.5 Å². The van der Waals surface area contributed by atoms with Crippen molar-refractivity contribution in [2.45, 2.75) is 20.3 Å². The number of aliphatic hydroxyl groups excluding tert-OH is 1. The third-order valence-electron chi connectivity index (χ3n) is 2.91. The summed E-state index contributed by atoms with van der Waals surface area (Å²) in [6.07, 6.45) is 2.11. The van der Waals surface area contributed by atoms with Crippen LogP contribution >= 0.6 is 0 Å². The van der Waals surface area contributed by atoms with E-state index in [1.165, 1.54) is 0 Å². The van der Waals surface area contributed by atoms with Crippen LogP contribution in [0, 0.1) is 0 Å². The monoisotopic (exact) mass is 266 g/mol. The number of fused-ring (bicyclic) bond motifs is 1. The third kappa shape index (κ3) is 3.06. The first-order valence-electron chi connectivity index (χ1n) is 5.76. The number of aliphatic hydroxyl groups is 1. The molecule has 0 radical (unpaired) electrons. The van der Waals surface area contributed by atoms with E-state index in [-0.39, 0.29) is 52.9 Å². The summed E-state index contributed by atoms with van der Waals surface area (Å²) in [6, 6.07) is 6.57. The fourth-order valence-electron chi connectivity index (χ4n) is 1.91. The zero-order chi connectivity index (χ0) is 13.3. The van der Waals surface area contributed by atoms with Crippen molar-refractivity contribution >= 4 is 41.1 Å². The number of hydrogen-bond donors (Lipinski definition) is 1. The Morgan fingerprint density at radius 2 is 1.63 bits per heavy atom. The molecular formula is C15H15NaO3. The molecule has 0 heterocycles. The minimum atomic E-state index is -0.470. The van der Waals surface area contributed by atoms with E-state index in [1.807, 2.05) is 19.9 Å². The van der Waals surface area contributed by atoms with Crippen LogP contribution in [0.1, 0.15) is 41.0 Å². The molecule has 1 aromatic carbocycles. The van der Waals surface area contributed by atoms with Crippen LogP contribution in [-0.2, 0) is 0 Å². The fraction of sp³-hybridized carbons (Fsp3) is 0.200. The van der Waals surface area contributed by atoms with Crippen LogP contribution in [-0.4, -0.2) is 46.2 Å². The summed E-state index contributed by atoms with van der Waals surface area (Å²) in [4.78, 5) is 24.1. The van der Waals surface area contributed by atoms with E-state index < -0.39 is 11.5 Å². The summed E-state index contributed by atoms with van der Waals surface area (Å²) in [5.41, 5.74) is 1.87. The summed E-state index contributed by atoms with van der Waals surface area (Å²) in [5, 5.41) is 9.85. The van der Waals surface area contributed by atoms with Gasteiger partial charge in [0.05, 0.1) is 0 Å². The molecule has 0 amide bonds. The summed E-state index contributed by atoms with van der Waals surface area (Å²) in [6.45, 7) is 3.81. The molecule has 0 spiro atoms. The van der Waals surface area contributed by atoms with Gasteiger partial charge in [0.2, 0.25) is 5.78 Å². The van der Waals surface area contributed by atoms with Crippen molar-refractivity contribution in [2.24, 2.45) is 0 Å². The Morgan fingerprint density at radius 1 is 1.11 bits per heavy atom. The molecule has 0 saturated carbocycles. The molecule has 3 nitrogen and oxygen atoms in total. The molecule has 4 heteroatoms. The van der Waals surface area contributed by atoms with Gasteiger partial charge >= 0.3 is 29.6 Å². The van der Waals surface area contributed by atoms with Crippen molar-refractivity contribution in [1.82, 2.24) is 0 Å². The predicted octanol–water partition coefficient (Wildman–Crippen LogP) is 2.59. The van der Waals surface area contributed by atoms with Gasteiger partial charge in [-0.05, 0) is 20.3 Å². The van der Waals surface area contributed by atoms with Gasteiger partial charge in [-0.25, -0.2) is 0 Å². The maximum atomic E-state index is 12.2. The van der Waals surface area contributed by atoms with E-state index in [2.05, 4.69) is 0 Å². The van der Waals surface area contributed by atoms with Gasteiger partial charge in [0, 0.05) is 16.7 Å². The van der Waals surface area contributed by atoms with Gasteiger partial charge in [0.25, 0.3) is 0 Å². The Balaban J connectivity index is 0.00000180. The van der Waals surface area contributed by atoms with Crippen LogP contribution in [0.15, 0.2) is 47.2 Å². The summed E-state index contributed by atoms with van der Waals surface area (Å²) in [7, 11) is 0. The van der Waals surface area contributed by atoms with Crippen LogP contribution in [0.25, 0.3) is 0 Å². The number of hydrogen-bond acceptors (Lipinski definition) is 3. The molecule has 0 saturated heterocycles. The molecule has 0 aliphatic heterocycles. The van der Waals surface area contributed by atoms with Gasteiger partial charge in [-0.2, -0.15) is 0 Å². The number of carbonyl (C=O) groups excluding carboxylic acids is 2. The van der Waals surface area contributed by atoms with Crippen molar-refractivity contribution in [2.75, 3.05) is 0 Å². The van der Waals surface area contributed by atoms with Crippen molar-refractivity contribution in [1.29, 1.82) is 0 Å². The summed E-state index contributed by atoms with van der Waals surface area (Å²) >= 11 is 0. The maximum absolute atomic E-state index is 12.2. The van der Waals surface area contributed by atoms with E-state index in [0.717, 1.165) is 5.57 Å². The Bertz CT molecular complexity index is 593. The summed E-state index contributed by atoms with van der Waals surface area (Å²) < 4.78 is 0. The molecule has 0 fully saturated rings. The fourth-order valence-corrected chi connectivity index (χ4v) is 1.91. The van der Waals surface area contributed by atoms with E-state index in [0.29, 0.717) is 5.56 Å². The number of benzene rings is 1. The van der Waals surface area contributed by atoms with Crippen LogP contribution in [0.4, 0.5) is 0 Å². The zero-order valence-corrected chi connectivity index (χ0v) is 10.4. The normalized spacial score (nSPS) is 13.8. The first-order valence-corrected chi connectivity index (χ1v) is 5.76. The Morgan fingerprint density at radius 3 is 2.16 bits per heavy atom. The quantitative estimate of drug-likeness (QED) is 0.661. The van der Waals surface area contributed by atoms with Crippen LogP contribution in [0.5, 0.6) is 0 Å². The SMILES string of the molecule is CC(C)=CCC1=C(O)C(=O)c2ccccc2C1=O.[NaH]. The first kappa shape index (κ1) is 15.9. The second-order valence-electron chi connectivity index (χ2n) is 4.52. The molecule has 94 valence electrons. The molecule has 1 aromatic rings. The minimum absolute atomic E-state index is 0. The second-order valence-corrected chi connectivity index (χ2v) is 4.52. The van der Waals surface area contributed by atoms with Gasteiger partial charge < -0.3 is 5.11 Å². The van der Waals surface area contributed by atoms with E-state index in [4.69, 9.17) is 0 Å². The zero-order valence-electron chi connectivity index (χ0n) is 10.4. The van der Waals surface area contributed by atoms with Gasteiger partial charge in [-0.15, -0.1) is 0 Å². The summed E-state index contributed by atoms with van der Waals surface area (Å²) in [5.74, 6) is -1.15. The molecule has 0 aromatic heterocycles. The molecule has 1 N–H and O–H groups in total. The number of ketones is 2. The molecule has 19 heavy (non-hydrogen) atoms. The van der Waals surface area contributed by atoms with Crippen molar-refractivity contribution in [3.63, 3.8) is 0 Å². The van der Waals surface area contributed by atoms with Crippen LogP contribution in [0.3, 0.4) is 0 Å². The van der Waals surface area contributed by atoms with Gasteiger partial charge in [-0.1, -0.05) is 35.9 Å². The van der Waals surface area contributed by atoms with Gasteiger partial charge in [-0.3, -0.25) is 9.59 Å². The average Bonchev–Trinajstić information content (AvgIpc) is 2.36. The molecule has 0 atom stereocenters. The number of carbonyl (C=O) groups is 2. The van der Waals surface area contributed by atoms with Crippen molar-refractivity contribution in [3.05, 3.63) is 58.4 Å². The average molecular weight is 266 g/mol. The molecule has 0 unspecified atom stereocenters. The van der Waals surface area contributed by atoms with Crippen LogP contribution in [0.2, 0.25) is 0 Å². The topological polar surface area (TPSA) is 54.4 Å². The Labute approximate surface area is 134 Å². The Kier molecular flexibility index (Phi) is 5.29. The van der Waals surface area contributed by atoms with E-state index in [9.17, 15) is 14.7 Å². The Hall–Kier alpha value is -1.16. The van der Waals surface area contributed by atoms with E-state index >= 15 is 0 Å². The van der Waals surface area contributed by atoms with Crippen molar-refractivity contribution < 1.29 is 14.7 Å². The van der Waals surface area contributed by atoms with Crippen LogP contribution < -0.4 is 0 Å². The van der Waals surface area contributed by atoms with Crippen molar-refractivity contribution in [3.8, 4) is 0 Å². The molecule has 2 rings (SSSR count). The second kappa shape index (κ2) is 6.33. The number of Topliss-reactive ketones (excluding diaryl/α,β-unsaturated/α-hetero) is 2. The number of allylic oxidation sites excluding steroid dienone is 4. The van der Waals surface area contributed by atoms with Gasteiger partial charge in [0.1, 0.15) is 0 Å². The third-order valence-corrected chi connectivity index (χ3v) is 2.91. The molecule has 1 aliphatic rings. The first-order chi connectivity index (χ1) is 8.52. The molecule has 1 aliphatic carbocycles. The van der Waals surface area contributed by atoms with E-state index in [1.54, 1.807) is 24.3 Å². The predicted molar refractivity (Wildman–Crippen MR) is 76.0 cm³/mol. The number of rotatable bonds is 2. The standard InChI is InChI=1S/C15H14O3.Na.H/c1-9(2)7-8-12-13(16)10-5-3-4-6-11(10)14(17)15(12)18;;/h3-7,18H,8H2,1-2H3;;. The molecular weight excluding hydrogens is 251 g/mol. The molecule has 0 bridgehead atoms.